The second-order valence-corrected chi connectivity index (χ2v) is 4.27. The molecular weight excluding hydrogens is 307 g/mol. The topological polar surface area (TPSA) is 81.4 Å². The molecule has 0 atom stereocenters. The third kappa shape index (κ3) is 3.69. The van der Waals surface area contributed by atoms with Gasteiger partial charge in [-0.05, 0) is 28.1 Å². The molecule has 0 saturated heterocycles. The maximum absolute atomic E-state index is 13.1. The molecule has 7 heteroatoms. The van der Waals surface area contributed by atoms with Crippen LogP contribution in [0.15, 0.2) is 16.6 Å². The lowest BCUT2D eigenvalue weighted by atomic mass is 10.2. The summed E-state index contributed by atoms with van der Waals surface area (Å²) in [6.45, 7) is -0.0533. The summed E-state index contributed by atoms with van der Waals surface area (Å²) in [5.74, 6) is -1.53. The summed E-state index contributed by atoms with van der Waals surface area (Å²) in [6, 6.07) is 2.27. The van der Waals surface area contributed by atoms with Gasteiger partial charge in [0.2, 0.25) is 5.91 Å². The lowest BCUT2D eigenvalue weighted by Crippen LogP contribution is -2.20. The fraction of sp³-hybridized carbons (Fsp3) is 0.273. The van der Waals surface area contributed by atoms with Crippen LogP contribution in [-0.4, -0.2) is 25.5 Å². The van der Waals surface area contributed by atoms with Gasteiger partial charge in [0.1, 0.15) is 12.4 Å². The maximum Gasteiger partial charge on any atom is 0.339 e. The van der Waals surface area contributed by atoms with Crippen molar-refractivity contribution in [2.24, 2.45) is 0 Å². The van der Waals surface area contributed by atoms with Crippen LogP contribution in [0.1, 0.15) is 16.8 Å². The molecule has 0 unspecified atom stereocenters. The Hall–Kier alpha value is -1.63. The quantitative estimate of drug-likeness (QED) is 0.650. The van der Waals surface area contributed by atoms with Gasteiger partial charge in [0, 0.05) is 11.5 Å². The van der Waals surface area contributed by atoms with Crippen LogP contribution in [0.4, 0.5) is 10.1 Å². The predicted molar refractivity (Wildman–Crippen MR) is 67.5 cm³/mol. The molecule has 1 aromatic rings. The molecule has 5 nitrogen and oxygen atoms in total. The summed E-state index contributed by atoms with van der Waals surface area (Å²) >= 11 is 3.04. The zero-order valence-electron chi connectivity index (χ0n) is 9.63. The van der Waals surface area contributed by atoms with Gasteiger partial charge < -0.3 is 15.8 Å². The number of anilines is 1. The maximum atomic E-state index is 13.1. The number of nitrogens with one attached hydrogen (secondary N) is 1. The van der Waals surface area contributed by atoms with E-state index in [4.69, 9.17) is 10.5 Å². The number of hydrogen-bond acceptors (Lipinski definition) is 4. The number of amides is 1. The van der Waals surface area contributed by atoms with Crippen molar-refractivity contribution < 1.29 is 18.7 Å². The number of halogens is 2. The Morgan fingerprint density at radius 3 is 2.78 bits per heavy atom. The van der Waals surface area contributed by atoms with E-state index in [1.165, 1.54) is 13.1 Å². The molecule has 0 fully saturated rings. The Balaban J connectivity index is 2.67. The minimum atomic E-state index is -0.669. The van der Waals surface area contributed by atoms with E-state index in [1.807, 2.05) is 0 Å². The molecule has 98 valence electrons. The van der Waals surface area contributed by atoms with Crippen LogP contribution >= 0.6 is 15.9 Å². The van der Waals surface area contributed by atoms with Crippen molar-refractivity contribution in [2.45, 2.75) is 6.42 Å². The smallest absolute Gasteiger partial charge is 0.339 e. The summed E-state index contributed by atoms with van der Waals surface area (Å²) in [7, 11) is 1.49. The number of hydrogen-bond donors (Lipinski definition) is 2. The number of benzene rings is 1. The summed E-state index contributed by atoms with van der Waals surface area (Å²) in [5, 5.41) is 2.40. The van der Waals surface area contributed by atoms with E-state index in [0.717, 1.165) is 6.07 Å². The highest BCUT2D eigenvalue weighted by molar-refractivity contribution is 9.10. The minimum absolute atomic E-state index is 0.0533. The standard InChI is InChI=1S/C11H12BrFN2O3/c1-15-10(16)2-3-18-11(17)6-4-9(14)8(13)5-7(6)12/h4-5H,2-3,14H2,1H3,(H,15,16). The first-order valence-corrected chi connectivity index (χ1v) is 5.87. The highest BCUT2D eigenvalue weighted by atomic mass is 79.9. The van der Waals surface area contributed by atoms with E-state index < -0.39 is 11.8 Å². The van der Waals surface area contributed by atoms with Crippen molar-refractivity contribution in [1.29, 1.82) is 0 Å². The second kappa shape index (κ2) is 6.34. The summed E-state index contributed by atoms with van der Waals surface area (Å²) < 4.78 is 18.2. The molecule has 0 bridgehead atoms. The zero-order valence-corrected chi connectivity index (χ0v) is 11.2. The van der Waals surface area contributed by atoms with Crippen molar-refractivity contribution in [2.75, 3.05) is 19.4 Å². The van der Waals surface area contributed by atoms with Crippen LogP contribution in [0.3, 0.4) is 0 Å². The Kier molecular flexibility index (Phi) is 5.08. The van der Waals surface area contributed by atoms with Crippen LogP contribution in [0.25, 0.3) is 0 Å². The summed E-state index contributed by atoms with van der Waals surface area (Å²) in [4.78, 5) is 22.6. The molecule has 0 aliphatic carbocycles. The fourth-order valence-electron chi connectivity index (χ4n) is 1.16. The molecule has 0 aliphatic rings. The highest BCUT2D eigenvalue weighted by Gasteiger charge is 2.15. The van der Waals surface area contributed by atoms with E-state index in [-0.39, 0.29) is 34.7 Å². The van der Waals surface area contributed by atoms with Gasteiger partial charge in [-0.3, -0.25) is 4.79 Å². The molecule has 0 aromatic heterocycles. The molecule has 0 heterocycles. The van der Waals surface area contributed by atoms with Crippen LogP contribution < -0.4 is 11.1 Å². The minimum Gasteiger partial charge on any atom is -0.462 e. The predicted octanol–water partition coefficient (Wildman–Crippen LogP) is 1.46. The summed E-state index contributed by atoms with van der Waals surface area (Å²) in [5.41, 5.74) is 5.33. The number of nitrogen functional groups attached to an aromatic ring is 1. The van der Waals surface area contributed by atoms with Crippen molar-refractivity contribution >= 4 is 33.5 Å². The normalized spacial score (nSPS) is 9.94. The molecule has 0 radical (unpaired) electrons. The fourth-order valence-corrected chi connectivity index (χ4v) is 1.64. The number of esters is 1. The first-order valence-electron chi connectivity index (χ1n) is 5.08. The van der Waals surface area contributed by atoms with Crippen molar-refractivity contribution in [3.63, 3.8) is 0 Å². The summed E-state index contributed by atoms with van der Waals surface area (Å²) in [6.07, 6.45) is 0.0660. The average Bonchev–Trinajstić information content (AvgIpc) is 2.33. The molecule has 18 heavy (non-hydrogen) atoms. The Morgan fingerprint density at radius 1 is 1.50 bits per heavy atom. The Labute approximate surface area is 112 Å². The number of rotatable bonds is 4. The first-order chi connectivity index (χ1) is 8.45. The van der Waals surface area contributed by atoms with Gasteiger partial charge in [0.15, 0.2) is 0 Å². The van der Waals surface area contributed by atoms with Crippen LogP contribution in [-0.2, 0) is 9.53 Å². The first kappa shape index (κ1) is 14.4. The number of nitrogens with two attached hydrogens (primary N) is 1. The van der Waals surface area contributed by atoms with E-state index in [1.54, 1.807) is 0 Å². The van der Waals surface area contributed by atoms with Gasteiger partial charge in [0.25, 0.3) is 0 Å². The number of carbonyl (C=O) groups excluding carboxylic acids is 2. The largest absolute Gasteiger partial charge is 0.462 e. The molecule has 1 amide bonds. The second-order valence-electron chi connectivity index (χ2n) is 3.41. The zero-order chi connectivity index (χ0) is 13.7. The van der Waals surface area contributed by atoms with Gasteiger partial charge in [0.05, 0.1) is 17.7 Å². The third-order valence-corrected chi connectivity index (χ3v) is 2.80. The average molecular weight is 319 g/mol. The SMILES string of the molecule is CNC(=O)CCOC(=O)c1cc(N)c(F)cc1Br. The number of ether oxygens (including phenoxy) is 1. The Bertz CT molecular complexity index is 480. The van der Waals surface area contributed by atoms with Crippen molar-refractivity contribution in [3.05, 3.63) is 28.0 Å². The van der Waals surface area contributed by atoms with Crippen LogP contribution in [0, 0.1) is 5.82 Å². The van der Waals surface area contributed by atoms with Crippen molar-refractivity contribution in [1.82, 2.24) is 5.32 Å². The lowest BCUT2D eigenvalue weighted by molar-refractivity contribution is -0.121. The third-order valence-electron chi connectivity index (χ3n) is 2.15. The van der Waals surface area contributed by atoms with Crippen molar-refractivity contribution in [3.8, 4) is 0 Å². The molecule has 0 saturated carbocycles. The number of carbonyl (C=O) groups is 2. The monoisotopic (exact) mass is 318 g/mol. The molecular formula is C11H12BrFN2O3. The van der Waals surface area contributed by atoms with E-state index in [9.17, 15) is 14.0 Å². The van der Waals surface area contributed by atoms with Gasteiger partial charge in [-0.15, -0.1) is 0 Å². The molecule has 0 spiro atoms. The van der Waals surface area contributed by atoms with E-state index in [2.05, 4.69) is 21.2 Å². The molecule has 0 aliphatic heterocycles. The van der Waals surface area contributed by atoms with Gasteiger partial charge >= 0.3 is 5.97 Å². The van der Waals surface area contributed by atoms with Crippen LogP contribution in [0.2, 0.25) is 0 Å². The lowest BCUT2D eigenvalue weighted by Gasteiger charge is -2.07. The molecule has 3 N–H and O–H groups in total. The highest BCUT2D eigenvalue weighted by Crippen LogP contribution is 2.23. The van der Waals surface area contributed by atoms with Gasteiger partial charge in [-0.25, -0.2) is 9.18 Å². The van der Waals surface area contributed by atoms with Gasteiger partial charge in [-0.1, -0.05) is 0 Å². The molecule has 1 rings (SSSR count). The molecule has 1 aromatic carbocycles. The Morgan fingerprint density at radius 2 is 2.17 bits per heavy atom. The van der Waals surface area contributed by atoms with Crippen LogP contribution in [0.5, 0.6) is 0 Å². The van der Waals surface area contributed by atoms with E-state index >= 15 is 0 Å². The van der Waals surface area contributed by atoms with E-state index in [0.29, 0.717) is 0 Å². The van der Waals surface area contributed by atoms with Gasteiger partial charge in [-0.2, -0.15) is 0 Å².